The first-order valence-corrected chi connectivity index (χ1v) is 11.0. The lowest BCUT2D eigenvalue weighted by Crippen LogP contribution is -2.27. The van der Waals surface area contributed by atoms with Crippen molar-refractivity contribution < 1.29 is 13.2 Å². The molecule has 0 aliphatic heterocycles. The quantitative estimate of drug-likeness (QED) is 0.666. The highest BCUT2D eigenvalue weighted by Crippen LogP contribution is 2.31. The van der Waals surface area contributed by atoms with Gasteiger partial charge in [0.05, 0.1) is 10.9 Å². The molecule has 0 spiro atoms. The van der Waals surface area contributed by atoms with Gasteiger partial charge in [-0.3, -0.25) is 9.52 Å². The van der Waals surface area contributed by atoms with Crippen LogP contribution in [0.5, 0.6) is 0 Å². The fourth-order valence-corrected chi connectivity index (χ4v) is 4.69. The second-order valence-electron chi connectivity index (χ2n) is 7.26. The van der Waals surface area contributed by atoms with Crippen molar-refractivity contribution in [2.45, 2.75) is 30.7 Å². The van der Waals surface area contributed by atoms with Crippen molar-refractivity contribution >= 4 is 21.6 Å². The third kappa shape index (κ3) is 4.17. The van der Waals surface area contributed by atoms with Crippen molar-refractivity contribution in [1.29, 1.82) is 0 Å². The van der Waals surface area contributed by atoms with Crippen LogP contribution in [0.3, 0.4) is 0 Å². The van der Waals surface area contributed by atoms with E-state index in [0.717, 1.165) is 24.0 Å². The second-order valence-corrected chi connectivity index (χ2v) is 8.95. The molecule has 1 amide bonds. The third-order valence-electron chi connectivity index (χ3n) is 5.15. The van der Waals surface area contributed by atoms with Gasteiger partial charge in [0.25, 0.3) is 15.9 Å². The largest absolute Gasteiger partial charge is 0.345 e. The molecule has 1 aliphatic carbocycles. The Bertz CT molecular complexity index is 1150. The Morgan fingerprint density at radius 2 is 1.72 bits per heavy atom. The molecule has 1 aliphatic rings. The zero-order chi connectivity index (χ0) is 20.4. The number of carbonyl (C=O) groups is 1. The molecule has 29 heavy (non-hydrogen) atoms. The fourth-order valence-electron chi connectivity index (χ4n) is 3.59. The second kappa shape index (κ2) is 7.72. The van der Waals surface area contributed by atoms with Crippen LogP contribution < -0.4 is 10.0 Å². The van der Waals surface area contributed by atoms with Gasteiger partial charge in [0.1, 0.15) is 0 Å². The van der Waals surface area contributed by atoms with Gasteiger partial charge >= 0.3 is 0 Å². The maximum atomic E-state index is 12.8. The average molecular weight is 407 g/mol. The Morgan fingerprint density at radius 1 is 0.966 bits per heavy atom. The van der Waals surface area contributed by atoms with Crippen molar-refractivity contribution in [2.75, 3.05) is 4.72 Å². The van der Waals surface area contributed by atoms with Crippen LogP contribution in [0, 0.1) is 6.92 Å². The summed E-state index contributed by atoms with van der Waals surface area (Å²) in [7, 11) is -3.79. The van der Waals surface area contributed by atoms with E-state index in [9.17, 15) is 13.2 Å². The van der Waals surface area contributed by atoms with E-state index >= 15 is 0 Å². The standard InChI is InChI=1S/C23H22N2O3S/c1-16-9-12-19(13-10-16)25-29(27,28)20-7-4-6-18(15-20)23(26)24-22-14-11-17-5-2-3-8-21(17)22/h2-10,12-13,15,22,25H,11,14H2,1H3,(H,24,26). The number of fused-ring (bicyclic) bond motifs is 1. The summed E-state index contributed by atoms with van der Waals surface area (Å²) in [6.07, 6.45) is 1.77. The number of amides is 1. The maximum absolute atomic E-state index is 12.8. The molecule has 1 atom stereocenters. The summed E-state index contributed by atoms with van der Waals surface area (Å²) >= 11 is 0. The molecule has 0 radical (unpaired) electrons. The summed E-state index contributed by atoms with van der Waals surface area (Å²) in [6, 6.07) is 21.2. The third-order valence-corrected chi connectivity index (χ3v) is 6.53. The number of hydrogen-bond donors (Lipinski definition) is 2. The zero-order valence-corrected chi connectivity index (χ0v) is 16.9. The number of hydrogen-bond acceptors (Lipinski definition) is 3. The minimum absolute atomic E-state index is 0.0513. The summed E-state index contributed by atoms with van der Waals surface area (Å²) in [6.45, 7) is 1.93. The highest BCUT2D eigenvalue weighted by atomic mass is 32.2. The van der Waals surface area contributed by atoms with Crippen molar-refractivity contribution in [2.24, 2.45) is 0 Å². The number of nitrogens with one attached hydrogen (secondary N) is 2. The van der Waals surface area contributed by atoms with Crippen LogP contribution in [0.2, 0.25) is 0 Å². The van der Waals surface area contributed by atoms with E-state index in [1.54, 1.807) is 24.3 Å². The van der Waals surface area contributed by atoms with Gasteiger partial charge in [-0.25, -0.2) is 8.42 Å². The lowest BCUT2D eigenvalue weighted by Gasteiger charge is -2.15. The summed E-state index contributed by atoms with van der Waals surface area (Å²) in [4.78, 5) is 12.8. The van der Waals surface area contributed by atoms with Crippen molar-refractivity contribution in [3.05, 3.63) is 95.1 Å². The molecule has 4 rings (SSSR count). The summed E-state index contributed by atoms with van der Waals surface area (Å²) in [5.74, 6) is -0.279. The normalized spacial score (nSPS) is 15.6. The Labute approximate surface area is 170 Å². The lowest BCUT2D eigenvalue weighted by molar-refractivity contribution is 0.0936. The topological polar surface area (TPSA) is 75.3 Å². The molecule has 5 nitrogen and oxygen atoms in total. The first kappa shape index (κ1) is 19.2. The SMILES string of the molecule is Cc1ccc(NS(=O)(=O)c2cccc(C(=O)NC3CCc4ccccc43)c2)cc1. The van der Waals surface area contributed by atoms with Crippen LogP contribution >= 0.6 is 0 Å². The van der Waals surface area contributed by atoms with Crippen molar-refractivity contribution in [1.82, 2.24) is 5.32 Å². The van der Waals surface area contributed by atoms with Crippen LogP contribution in [0.4, 0.5) is 5.69 Å². The Kier molecular flexibility index (Phi) is 5.11. The number of rotatable bonds is 5. The van der Waals surface area contributed by atoms with Gasteiger partial charge in [-0.05, 0) is 61.2 Å². The van der Waals surface area contributed by atoms with Gasteiger partial charge in [0.2, 0.25) is 0 Å². The van der Waals surface area contributed by atoms with E-state index in [4.69, 9.17) is 0 Å². The molecule has 0 heterocycles. The Hall–Kier alpha value is -3.12. The van der Waals surface area contributed by atoms with Gasteiger partial charge in [0, 0.05) is 11.3 Å². The highest BCUT2D eigenvalue weighted by Gasteiger charge is 2.24. The van der Waals surface area contributed by atoms with Gasteiger partial charge < -0.3 is 5.32 Å². The van der Waals surface area contributed by atoms with Crippen molar-refractivity contribution in [3.63, 3.8) is 0 Å². The zero-order valence-electron chi connectivity index (χ0n) is 16.1. The first-order chi connectivity index (χ1) is 13.9. The predicted octanol–water partition coefficient (Wildman–Crippen LogP) is 4.21. The van der Waals surface area contributed by atoms with E-state index in [-0.39, 0.29) is 16.8 Å². The van der Waals surface area contributed by atoms with Gasteiger partial charge in [-0.1, -0.05) is 48.0 Å². The van der Waals surface area contributed by atoms with E-state index in [1.165, 1.54) is 17.7 Å². The minimum Gasteiger partial charge on any atom is -0.345 e. The molecule has 3 aromatic carbocycles. The van der Waals surface area contributed by atoms with E-state index in [1.807, 2.05) is 37.3 Å². The lowest BCUT2D eigenvalue weighted by atomic mass is 10.1. The Morgan fingerprint density at radius 3 is 2.52 bits per heavy atom. The van der Waals surface area contributed by atoms with Crippen LogP contribution in [-0.4, -0.2) is 14.3 Å². The summed E-state index contributed by atoms with van der Waals surface area (Å²) in [5.41, 5.74) is 4.22. The molecule has 148 valence electrons. The van der Waals surface area contributed by atoms with Crippen LogP contribution in [0.15, 0.2) is 77.7 Å². The summed E-state index contributed by atoms with van der Waals surface area (Å²) in [5, 5.41) is 3.03. The van der Waals surface area contributed by atoms with E-state index < -0.39 is 10.0 Å². The molecule has 6 heteroatoms. The molecule has 0 fully saturated rings. The molecular formula is C23H22N2O3S. The van der Waals surface area contributed by atoms with Crippen LogP contribution in [0.1, 0.15) is 39.5 Å². The van der Waals surface area contributed by atoms with Crippen LogP contribution in [-0.2, 0) is 16.4 Å². The summed E-state index contributed by atoms with van der Waals surface area (Å²) < 4.78 is 28.0. The monoisotopic (exact) mass is 406 g/mol. The van der Waals surface area contributed by atoms with Gasteiger partial charge in [-0.2, -0.15) is 0 Å². The number of sulfonamides is 1. The van der Waals surface area contributed by atoms with Crippen LogP contribution in [0.25, 0.3) is 0 Å². The molecule has 3 aromatic rings. The number of aryl methyl sites for hydroxylation is 2. The fraction of sp³-hybridized carbons (Fsp3) is 0.174. The van der Waals surface area contributed by atoms with E-state index in [0.29, 0.717) is 11.3 Å². The predicted molar refractivity (Wildman–Crippen MR) is 113 cm³/mol. The van der Waals surface area contributed by atoms with Gasteiger partial charge in [0.15, 0.2) is 0 Å². The molecule has 0 bridgehead atoms. The molecular weight excluding hydrogens is 384 g/mol. The molecule has 0 saturated heterocycles. The number of anilines is 1. The number of carbonyl (C=O) groups excluding carboxylic acids is 1. The first-order valence-electron chi connectivity index (χ1n) is 9.50. The smallest absolute Gasteiger partial charge is 0.261 e. The number of benzene rings is 3. The van der Waals surface area contributed by atoms with E-state index in [2.05, 4.69) is 16.1 Å². The molecule has 2 N–H and O–H groups in total. The molecule has 1 unspecified atom stereocenters. The molecule has 0 saturated carbocycles. The highest BCUT2D eigenvalue weighted by molar-refractivity contribution is 7.92. The molecule has 0 aromatic heterocycles. The van der Waals surface area contributed by atoms with Gasteiger partial charge in [-0.15, -0.1) is 0 Å². The van der Waals surface area contributed by atoms with Crippen molar-refractivity contribution in [3.8, 4) is 0 Å². The Balaban J connectivity index is 1.52. The average Bonchev–Trinajstić information content (AvgIpc) is 3.13. The maximum Gasteiger partial charge on any atom is 0.261 e. The minimum atomic E-state index is -3.79.